The zero-order valence-electron chi connectivity index (χ0n) is 20.2. The van der Waals surface area contributed by atoms with E-state index in [2.05, 4.69) is 22.5 Å². The number of carbonyl (C=O) groups excluding carboxylic acids is 2. The van der Waals surface area contributed by atoms with Crippen molar-refractivity contribution in [3.8, 4) is 11.1 Å². The molecule has 0 aliphatic heterocycles. The Bertz CT molecular complexity index is 1180. The molecule has 0 bridgehead atoms. The SMILES string of the molecule is CCCNCCCNC(=O)c1cc(C(=O)N(C)Cc2nc(C)cs2)cc(-c2ccc(F)cc2F)c1. The zero-order chi connectivity index (χ0) is 25.4. The van der Waals surface area contributed by atoms with Crippen LogP contribution in [0.2, 0.25) is 0 Å². The molecule has 0 atom stereocenters. The number of rotatable bonds is 11. The van der Waals surface area contributed by atoms with Gasteiger partial charge in [0, 0.05) is 47.4 Å². The third-order valence-electron chi connectivity index (χ3n) is 5.31. The smallest absolute Gasteiger partial charge is 0.254 e. The summed E-state index contributed by atoms with van der Waals surface area (Å²) in [6, 6.07) is 7.77. The van der Waals surface area contributed by atoms with E-state index in [0.717, 1.165) is 48.8 Å². The van der Waals surface area contributed by atoms with Crippen molar-refractivity contribution in [3.63, 3.8) is 0 Å². The molecule has 35 heavy (non-hydrogen) atoms. The highest BCUT2D eigenvalue weighted by molar-refractivity contribution is 7.09. The molecule has 0 aliphatic carbocycles. The standard InChI is InChI=1S/C26H30F2N4O2S/c1-4-8-29-9-5-10-30-25(33)19-11-18(22-7-6-21(27)14-23(22)28)12-20(13-19)26(34)32(3)15-24-31-17(2)16-35-24/h6-7,11-14,16,29H,4-5,8-10,15H2,1-3H3,(H,30,33). The zero-order valence-corrected chi connectivity index (χ0v) is 21.0. The summed E-state index contributed by atoms with van der Waals surface area (Å²) in [6.45, 7) is 6.42. The van der Waals surface area contributed by atoms with Crippen molar-refractivity contribution in [2.24, 2.45) is 0 Å². The van der Waals surface area contributed by atoms with E-state index in [0.29, 0.717) is 18.7 Å². The van der Waals surface area contributed by atoms with Crippen LogP contribution in [0.3, 0.4) is 0 Å². The Kier molecular flexibility index (Phi) is 9.45. The Morgan fingerprint density at radius 2 is 1.83 bits per heavy atom. The van der Waals surface area contributed by atoms with Crippen LogP contribution in [0.1, 0.15) is 51.2 Å². The minimum atomic E-state index is -0.769. The Morgan fingerprint density at radius 3 is 2.51 bits per heavy atom. The van der Waals surface area contributed by atoms with Crippen molar-refractivity contribution in [1.29, 1.82) is 0 Å². The second-order valence-electron chi connectivity index (χ2n) is 8.33. The lowest BCUT2D eigenvalue weighted by molar-refractivity contribution is 0.0785. The van der Waals surface area contributed by atoms with E-state index >= 15 is 0 Å². The first-order chi connectivity index (χ1) is 16.8. The van der Waals surface area contributed by atoms with Gasteiger partial charge in [0.2, 0.25) is 0 Å². The Balaban J connectivity index is 1.86. The number of hydrogen-bond acceptors (Lipinski definition) is 5. The minimum absolute atomic E-state index is 0.108. The Hall–Kier alpha value is -3.17. The van der Waals surface area contributed by atoms with Gasteiger partial charge in [-0.3, -0.25) is 9.59 Å². The van der Waals surface area contributed by atoms with E-state index in [1.165, 1.54) is 40.5 Å². The summed E-state index contributed by atoms with van der Waals surface area (Å²) in [5.74, 6) is -2.17. The van der Waals surface area contributed by atoms with Crippen molar-refractivity contribution in [1.82, 2.24) is 20.5 Å². The highest BCUT2D eigenvalue weighted by atomic mass is 32.1. The monoisotopic (exact) mass is 500 g/mol. The third kappa shape index (κ3) is 7.40. The fourth-order valence-corrected chi connectivity index (χ4v) is 4.37. The molecule has 0 spiro atoms. The van der Waals surface area contributed by atoms with Gasteiger partial charge < -0.3 is 15.5 Å². The predicted molar refractivity (Wildman–Crippen MR) is 135 cm³/mol. The van der Waals surface area contributed by atoms with Gasteiger partial charge in [-0.25, -0.2) is 13.8 Å². The lowest BCUT2D eigenvalue weighted by Crippen LogP contribution is -2.29. The molecule has 0 aliphatic rings. The van der Waals surface area contributed by atoms with Gasteiger partial charge in [-0.15, -0.1) is 11.3 Å². The van der Waals surface area contributed by atoms with Crippen LogP contribution in [0, 0.1) is 18.6 Å². The highest BCUT2D eigenvalue weighted by Gasteiger charge is 2.19. The second-order valence-corrected chi connectivity index (χ2v) is 9.27. The molecule has 2 aromatic carbocycles. The van der Waals surface area contributed by atoms with Gasteiger partial charge in [0.1, 0.15) is 16.6 Å². The van der Waals surface area contributed by atoms with Crippen LogP contribution in [0.15, 0.2) is 41.8 Å². The summed E-state index contributed by atoms with van der Waals surface area (Å²) in [6.07, 6.45) is 1.78. The Labute approximate surface area is 208 Å². The maximum atomic E-state index is 14.6. The molecule has 2 amide bonds. The number of hydrogen-bond donors (Lipinski definition) is 2. The average molecular weight is 501 g/mol. The fraction of sp³-hybridized carbons (Fsp3) is 0.346. The molecule has 186 valence electrons. The molecule has 0 saturated heterocycles. The maximum Gasteiger partial charge on any atom is 0.254 e. The molecular weight excluding hydrogens is 470 g/mol. The van der Waals surface area contributed by atoms with E-state index in [1.54, 1.807) is 7.05 Å². The van der Waals surface area contributed by atoms with Crippen molar-refractivity contribution < 1.29 is 18.4 Å². The van der Waals surface area contributed by atoms with Crippen molar-refractivity contribution >= 4 is 23.2 Å². The third-order valence-corrected chi connectivity index (χ3v) is 6.26. The number of amides is 2. The first-order valence-electron chi connectivity index (χ1n) is 11.5. The number of aryl methyl sites for hydroxylation is 1. The maximum absolute atomic E-state index is 14.6. The number of nitrogens with zero attached hydrogens (tertiary/aromatic N) is 2. The lowest BCUT2D eigenvalue weighted by atomic mass is 9.98. The Morgan fingerprint density at radius 1 is 1.06 bits per heavy atom. The van der Waals surface area contributed by atoms with Gasteiger partial charge in [0.15, 0.2) is 0 Å². The number of halogens is 2. The van der Waals surface area contributed by atoms with Crippen LogP contribution >= 0.6 is 11.3 Å². The van der Waals surface area contributed by atoms with Crippen LogP contribution in [0.25, 0.3) is 11.1 Å². The number of benzene rings is 2. The summed E-state index contributed by atoms with van der Waals surface area (Å²) in [5.41, 5.74) is 1.77. The summed E-state index contributed by atoms with van der Waals surface area (Å²) in [7, 11) is 1.65. The largest absolute Gasteiger partial charge is 0.352 e. The van der Waals surface area contributed by atoms with Crippen molar-refractivity contribution in [3.05, 3.63) is 75.2 Å². The molecule has 0 radical (unpaired) electrons. The van der Waals surface area contributed by atoms with Gasteiger partial charge in [-0.05, 0) is 68.8 Å². The number of aromatic nitrogens is 1. The second kappa shape index (κ2) is 12.5. The van der Waals surface area contributed by atoms with E-state index in [1.807, 2.05) is 12.3 Å². The average Bonchev–Trinajstić information content (AvgIpc) is 3.24. The summed E-state index contributed by atoms with van der Waals surface area (Å²) in [5, 5.41) is 8.81. The van der Waals surface area contributed by atoms with Gasteiger partial charge >= 0.3 is 0 Å². The highest BCUT2D eigenvalue weighted by Crippen LogP contribution is 2.27. The van der Waals surface area contributed by atoms with E-state index in [9.17, 15) is 18.4 Å². The molecule has 0 unspecified atom stereocenters. The fourth-order valence-electron chi connectivity index (χ4n) is 3.55. The van der Waals surface area contributed by atoms with Gasteiger partial charge in [-0.1, -0.05) is 6.92 Å². The lowest BCUT2D eigenvalue weighted by Gasteiger charge is -2.17. The first kappa shape index (κ1) is 26.4. The molecule has 1 aromatic heterocycles. The predicted octanol–water partition coefficient (Wildman–Crippen LogP) is 4.79. The van der Waals surface area contributed by atoms with E-state index in [4.69, 9.17) is 0 Å². The number of thiazole rings is 1. The molecule has 6 nitrogen and oxygen atoms in total. The molecule has 9 heteroatoms. The summed E-state index contributed by atoms with van der Waals surface area (Å²) >= 11 is 1.46. The van der Waals surface area contributed by atoms with Gasteiger partial charge in [0.05, 0.1) is 6.54 Å². The molecule has 2 N–H and O–H groups in total. The van der Waals surface area contributed by atoms with Gasteiger partial charge in [0.25, 0.3) is 11.8 Å². The normalized spacial score (nSPS) is 10.9. The molecule has 3 rings (SSSR count). The van der Waals surface area contributed by atoms with Crippen molar-refractivity contribution in [2.45, 2.75) is 33.2 Å². The van der Waals surface area contributed by atoms with Gasteiger partial charge in [-0.2, -0.15) is 0 Å². The minimum Gasteiger partial charge on any atom is -0.352 e. The number of nitrogens with one attached hydrogen (secondary N) is 2. The van der Waals surface area contributed by atoms with Crippen molar-refractivity contribution in [2.75, 3.05) is 26.7 Å². The molecule has 0 fully saturated rings. The van der Waals surface area contributed by atoms with Crippen LogP contribution < -0.4 is 10.6 Å². The topological polar surface area (TPSA) is 74.3 Å². The van der Waals surface area contributed by atoms with Crippen LogP contribution in [0.4, 0.5) is 8.78 Å². The summed E-state index contributed by atoms with van der Waals surface area (Å²) in [4.78, 5) is 32.0. The van der Waals surface area contributed by atoms with E-state index in [-0.39, 0.29) is 28.5 Å². The van der Waals surface area contributed by atoms with E-state index < -0.39 is 11.6 Å². The molecule has 1 heterocycles. The van der Waals surface area contributed by atoms with Crippen LogP contribution in [0.5, 0.6) is 0 Å². The number of carbonyl (C=O) groups is 2. The first-order valence-corrected chi connectivity index (χ1v) is 12.4. The quantitative estimate of drug-likeness (QED) is 0.372. The molecule has 0 saturated carbocycles. The molecule has 3 aromatic rings. The summed E-state index contributed by atoms with van der Waals surface area (Å²) < 4.78 is 28.0. The van der Waals surface area contributed by atoms with Crippen LogP contribution in [-0.2, 0) is 6.54 Å². The van der Waals surface area contributed by atoms with Crippen LogP contribution in [-0.4, -0.2) is 48.4 Å². The molecular formula is C26H30F2N4O2S.